The van der Waals surface area contributed by atoms with Gasteiger partial charge in [0.05, 0.1) is 17.8 Å². The summed E-state index contributed by atoms with van der Waals surface area (Å²) in [5.74, 6) is 0.206. The topological polar surface area (TPSA) is 79.0 Å². The van der Waals surface area contributed by atoms with E-state index in [1.54, 1.807) is 0 Å². The number of ether oxygens (including phenoxy) is 1. The highest BCUT2D eigenvalue weighted by Crippen LogP contribution is 2.29. The van der Waals surface area contributed by atoms with E-state index in [0.717, 1.165) is 29.3 Å². The van der Waals surface area contributed by atoms with Crippen molar-refractivity contribution in [3.05, 3.63) is 57.1 Å². The van der Waals surface area contributed by atoms with Gasteiger partial charge in [0.15, 0.2) is 0 Å². The van der Waals surface area contributed by atoms with Crippen LogP contribution in [0.2, 0.25) is 0 Å². The Bertz CT molecular complexity index is 1120. The Kier molecular flexibility index (Phi) is 5.21. The van der Waals surface area contributed by atoms with E-state index in [-0.39, 0.29) is 29.1 Å². The predicted octanol–water partition coefficient (Wildman–Crippen LogP) is 3.10. The smallest absolute Gasteiger partial charge is 0.433 e. The molecule has 0 aliphatic rings. The van der Waals surface area contributed by atoms with Gasteiger partial charge in [-0.15, -0.1) is 0 Å². The van der Waals surface area contributed by atoms with Gasteiger partial charge in [-0.3, -0.25) is 13.9 Å². The van der Waals surface area contributed by atoms with Crippen LogP contribution in [0.3, 0.4) is 0 Å². The summed E-state index contributed by atoms with van der Waals surface area (Å²) in [7, 11) is 1.51. The molecule has 0 aliphatic carbocycles. The molecule has 148 valence electrons. The number of unbranched alkanes of at least 4 members (excludes halogenated alkanes) is 1. The normalized spacial score (nSPS) is 11.8. The highest BCUT2D eigenvalue weighted by molar-refractivity contribution is 5.75. The van der Waals surface area contributed by atoms with Gasteiger partial charge in [-0.25, -0.2) is 14.8 Å². The first-order valence-corrected chi connectivity index (χ1v) is 8.53. The van der Waals surface area contributed by atoms with Gasteiger partial charge in [0.1, 0.15) is 22.8 Å². The van der Waals surface area contributed by atoms with Crippen LogP contribution in [0, 0.1) is 0 Å². The fourth-order valence-electron chi connectivity index (χ4n) is 2.68. The number of alkyl halides is 3. The number of hydrogen-bond acceptors (Lipinski definition) is 5. The molecule has 3 aromatic heterocycles. The summed E-state index contributed by atoms with van der Waals surface area (Å²) in [5.41, 5.74) is -1.79. The van der Waals surface area contributed by atoms with Gasteiger partial charge in [0, 0.05) is 13.6 Å². The van der Waals surface area contributed by atoms with E-state index in [1.165, 1.54) is 23.9 Å². The molecule has 0 fully saturated rings. The van der Waals surface area contributed by atoms with E-state index in [2.05, 4.69) is 9.97 Å². The minimum absolute atomic E-state index is 0.0604. The first-order chi connectivity index (χ1) is 13.2. The fraction of sp³-hybridized carbons (Fsp3) is 0.333. The second-order valence-corrected chi connectivity index (χ2v) is 6.17. The Morgan fingerprint density at radius 1 is 1.11 bits per heavy atom. The zero-order valence-electron chi connectivity index (χ0n) is 15.2. The number of fused-ring (bicyclic) bond motifs is 1. The second-order valence-electron chi connectivity index (χ2n) is 6.17. The minimum atomic E-state index is -4.54. The number of aromatic nitrogens is 4. The molecule has 0 spiro atoms. The van der Waals surface area contributed by atoms with Crippen molar-refractivity contribution in [3.8, 4) is 11.5 Å². The standard InChI is InChI=1S/C18H17F3N4O3/c1-3-4-7-25-16(26)13-8-12(10-23-15(13)24(2)17(25)27)28-11-5-6-14(22-9-11)18(19,20)21/h5-6,8-10H,3-4,7H2,1-2H3. The molecule has 0 aliphatic heterocycles. The Morgan fingerprint density at radius 2 is 1.82 bits per heavy atom. The van der Waals surface area contributed by atoms with Crippen molar-refractivity contribution in [2.45, 2.75) is 32.5 Å². The van der Waals surface area contributed by atoms with Crippen LogP contribution in [0.5, 0.6) is 11.5 Å². The average Bonchev–Trinajstić information content (AvgIpc) is 2.66. The molecule has 0 bridgehead atoms. The van der Waals surface area contributed by atoms with Crippen molar-refractivity contribution in [2.24, 2.45) is 7.05 Å². The van der Waals surface area contributed by atoms with E-state index in [0.29, 0.717) is 6.42 Å². The maximum Gasteiger partial charge on any atom is 0.433 e. The first kappa shape index (κ1) is 19.6. The highest BCUT2D eigenvalue weighted by Gasteiger charge is 2.32. The van der Waals surface area contributed by atoms with Gasteiger partial charge in [-0.1, -0.05) is 13.3 Å². The van der Waals surface area contributed by atoms with Crippen LogP contribution in [0.15, 0.2) is 40.2 Å². The van der Waals surface area contributed by atoms with E-state index in [9.17, 15) is 22.8 Å². The molecule has 3 aromatic rings. The predicted molar refractivity (Wildman–Crippen MR) is 95.5 cm³/mol. The van der Waals surface area contributed by atoms with Crippen LogP contribution < -0.4 is 16.0 Å². The molecule has 0 saturated heterocycles. The third kappa shape index (κ3) is 3.75. The van der Waals surface area contributed by atoms with Crippen molar-refractivity contribution in [3.63, 3.8) is 0 Å². The third-order valence-corrected chi connectivity index (χ3v) is 4.15. The molecular weight excluding hydrogens is 377 g/mol. The number of halogens is 3. The Balaban J connectivity index is 1.99. The summed E-state index contributed by atoms with van der Waals surface area (Å²) in [4.78, 5) is 32.5. The van der Waals surface area contributed by atoms with Crippen LogP contribution in [0.1, 0.15) is 25.5 Å². The van der Waals surface area contributed by atoms with E-state index < -0.39 is 23.1 Å². The zero-order chi connectivity index (χ0) is 20.5. The van der Waals surface area contributed by atoms with Crippen LogP contribution in [-0.4, -0.2) is 19.1 Å². The summed E-state index contributed by atoms with van der Waals surface area (Å²) < 4.78 is 45.6. The van der Waals surface area contributed by atoms with E-state index in [4.69, 9.17) is 4.74 Å². The lowest BCUT2D eigenvalue weighted by Crippen LogP contribution is -2.39. The maximum absolute atomic E-state index is 12.7. The van der Waals surface area contributed by atoms with Crippen LogP contribution in [0.25, 0.3) is 11.0 Å². The van der Waals surface area contributed by atoms with Crippen LogP contribution >= 0.6 is 0 Å². The molecule has 3 rings (SSSR count). The molecule has 0 atom stereocenters. The van der Waals surface area contributed by atoms with Gasteiger partial charge in [0.25, 0.3) is 5.56 Å². The fourth-order valence-corrected chi connectivity index (χ4v) is 2.68. The minimum Gasteiger partial charge on any atom is -0.454 e. The monoisotopic (exact) mass is 394 g/mol. The lowest BCUT2D eigenvalue weighted by atomic mass is 10.3. The summed E-state index contributed by atoms with van der Waals surface area (Å²) in [6, 6.07) is 3.33. The lowest BCUT2D eigenvalue weighted by Gasteiger charge is -2.11. The van der Waals surface area contributed by atoms with Crippen molar-refractivity contribution in [2.75, 3.05) is 0 Å². The maximum atomic E-state index is 12.7. The van der Waals surface area contributed by atoms with Gasteiger partial charge >= 0.3 is 11.9 Å². The Labute approximate surface area is 157 Å². The number of pyridine rings is 2. The molecule has 3 heterocycles. The van der Waals surface area contributed by atoms with Gasteiger partial charge < -0.3 is 4.74 Å². The van der Waals surface area contributed by atoms with Crippen LogP contribution in [0.4, 0.5) is 13.2 Å². The third-order valence-electron chi connectivity index (χ3n) is 4.15. The Morgan fingerprint density at radius 3 is 2.43 bits per heavy atom. The van der Waals surface area contributed by atoms with Crippen LogP contribution in [-0.2, 0) is 19.8 Å². The highest BCUT2D eigenvalue weighted by atomic mass is 19.4. The molecule has 7 nitrogen and oxygen atoms in total. The molecule has 0 aromatic carbocycles. The number of hydrogen-bond donors (Lipinski definition) is 0. The summed E-state index contributed by atoms with van der Waals surface area (Å²) in [6.07, 6.45) is -0.836. The summed E-state index contributed by atoms with van der Waals surface area (Å²) in [6.45, 7) is 2.23. The SMILES string of the molecule is CCCCn1c(=O)c2cc(Oc3ccc(C(F)(F)F)nc3)cnc2n(C)c1=O. The van der Waals surface area contributed by atoms with Crippen molar-refractivity contribution >= 4 is 11.0 Å². The summed E-state index contributed by atoms with van der Waals surface area (Å²) in [5, 5.41) is 0.176. The van der Waals surface area contributed by atoms with Gasteiger partial charge in [-0.05, 0) is 24.6 Å². The largest absolute Gasteiger partial charge is 0.454 e. The van der Waals surface area contributed by atoms with Crippen molar-refractivity contribution in [1.82, 2.24) is 19.1 Å². The van der Waals surface area contributed by atoms with E-state index >= 15 is 0 Å². The average molecular weight is 394 g/mol. The zero-order valence-corrected chi connectivity index (χ0v) is 15.2. The molecule has 0 saturated carbocycles. The molecular formula is C18H17F3N4O3. The first-order valence-electron chi connectivity index (χ1n) is 8.53. The van der Waals surface area contributed by atoms with E-state index in [1.807, 2.05) is 6.92 Å². The molecule has 0 radical (unpaired) electrons. The number of nitrogens with zero attached hydrogens (tertiary/aromatic N) is 4. The molecule has 10 heteroatoms. The van der Waals surface area contributed by atoms with Crippen molar-refractivity contribution < 1.29 is 17.9 Å². The number of aryl methyl sites for hydroxylation is 1. The number of rotatable bonds is 5. The molecule has 0 amide bonds. The van der Waals surface area contributed by atoms with Gasteiger partial charge in [0.2, 0.25) is 0 Å². The molecule has 0 unspecified atom stereocenters. The Hall–Kier alpha value is -3.17. The summed E-state index contributed by atoms with van der Waals surface area (Å²) >= 11 is 0. The second kappa shape index (κ2) is 7.45. The molecule has 0 N–H and O–H groups in total. The van der Waals surface area contributed by atoms with Crippen molar-refractivity contribution in [1.29, 1.82) is 0 Å². The van der Waals surface area contributed by atoms with Gasteiger partial charge in [-0.2, -0.15) is 13.2 Å². The quantitative estimate of drug-likeness (QED) is 0.665. The lowest BCUT2D eigenvalue weighted by molar-refractivity contribution is -0.141. The molecule has 28 heavy (non-hydrogen) atoms.